The van der Waals surface area contributed by atoms with E-state index >= 15 is 0 Å². The third kappa shape index (κ3) is 6.72. The molecular weight excluding hydrogens is 340 g/mol. The number of imide groups is 1. The largest absolute Gasteiger partial charge is 0.496 e. The molecule has 0 heterocycles. The molecule has 144 valence electrons. The van der Waals surface area contributed by atoms with Crippen LogP contribution in [-0.2, 0) is 20.9 Å². The fourth-order valence-corrected chi connectivity index (χ4v) is 2.02. The van der Waals surface area contributed by atoms with Gasteiger partial charge in [0.05, 0.1) is 19.3 Å². The zero-order valence-corrected chi connectivity index (χ0v) is 15.8. The Morgan fingerprint density at radius 1 is 1.15 bits per heavy atom. The molecule has 0 spiro atoms. The van der Waals surface area contributed by atoms with E-state index in [9.17, 15) is 14.4 Å². The number of carbonyl (C=O) groups is 3. The Labute approximate surface area is 153 Å². The van der Waals surface area contributed by atoms with Gasteiger partial charge in [-0.2, -0.15) is 0 Å². The highest BCUT2D eigenvalue weighted by atomic mass is 16.5. The van der Waals surface area contributed by atoms with Crippen molar-refractivity contribution in [1.82, 2.24) is 10.6 Å². The molecular formula is C18H26N2O6. The molecule has 1 atom stereocenters. The summed E-state index contributed by atoms with van der Waals surface area (Å²) < 4.78 is 15.7. The van der Waals surface area contributed by atoms with E-state index in [1.54, 1.807) is 26.0 Å². The first kappa shape index (κ1) is 21.4. The van der Waals surface area contributed by atoms with Gasteiger partial charge >= 0.3 is 12.0 Å². The van der Waals surface area contributed by atoms with Gasteiger partial charge in [0.1, 0.15) is 5.75 Å². The predicted octanol–water partition coefficient (Wildman–Crippen LogP) is 2.01. The summed E-state index contributed by atoms with van der Waals surface area (Å²) in [5, 5.41) is 4.63. The summed E-state index contributed by atoms with van der Waals surface area (Å²) in [7, 11) is 1.53. The summed E-state index contributed by atoms with van der Waals surface area (Å²) >= 11 is 0. The molecule has 3 amide bonds. The molecule has 0 bridgehead atoms. The molecule has 0 aliphatic carbocycles. The fourth-order valence-electron chi connectivity index (χ4n) is 2.02. The van der Waals surface area contributed by atoms with E-state index in [4.69, 9.17) is 14.2 Å². The molecule has 1 aromatic rings. The predicted molar refractivity (Wildman–Crippen MR) is 95.0 cm³/mol. The van der Waals surface area contributed by atoms with Crippen molar-refractivity contribution in [2.45, 2.75) is 46.4 Å². The minimum Gasteiger partial charge on any atom is -0.496 e. The third-order valence-corrected chi connectivity index (χ3v) is 3.29. The first-order valence-electron chi connectivity index (χ1n) is 8.35. The van der Waals surface area contributed by atoms with Crippen LogP contribution in [0.5, 0.6) is 5.75 Å². The van der Waals surface area contributed by atoms with E-state index < -0.39 is 24.0 Å². The number of urea groups is 1. The third-order valence-electron chi connectivity index (χ3n) is 3.29. The van der Waals surface area contributed by atoms with Crippen molar-refractivity contribution < 1.29 is 28.6 Å². The van der Waals surface area contributed by atoms with Gasteiger partial charge < -0.3 is 19.5 Å². The van der Waals surface area contributed by atoms with Crippen LogP contribution in [0.25, 0.3) is 0 Å². The topological polar surface area (TPSA) is 103 Å². The van der Waals surface area contributed by atoms with Crippen molar-refractivity contribution in [3.8, 4) is 5.75 Å². The quantitative estimate of drug-likeness (QED) is 0.682. The highest BCUT2D eigenvalue weighted by Crippen LogP contribution is 2.21. The number of carbonyl (C=O) groups excluding carboxylic acids is 3. The van der Waals surface area contributed by atoms with Crippen molar-refractivity contribution >= 4 is 17.9 Å². The molecule has 2 N–H and O–H groups in total. The number of hydrogen-bond acceptors (Lipinski definition) is 6. The lowest BCUT2D eigenvalue weighted by atomic mass is 10.1. The second kappa shape index (κ2) is 10.4. The number of ether oxygens (including phenoxy) is 3. The standard InChI is InChI=1S/C18H26N2O6/c1-6-25-10-14-9-13(7-8-15(14)24-5)17(22)26-12(4)16(21)20-18(23)19-11(2)3/h7-9,11-12H,6,10H2,1-5H3,(H2,19,20,21,23)/t12-/m0/s1. The van der Waals surface area contributed by atoms with Gasteiger partial charge in [0, 0.05) is 18.2 Å². The number of esters is 1. The van der Waals surface area contributed by atoms with Gasteiger partial charge in [-0.1, -0.05) is 0 Å². The van der Waals surface area contributed by atoms with Crippen LogP contribution in [0.4, 0.5) is 4.79 Å². The van der Waals surface area contributed by atoms with Crippen LogP contribution in [0, 0.1) is 0 Å². The van der Waals surface area contributed by atoms with Gasteiger partial charge in [0.2, 0.25) is 0 Å². The second-order valence-electron chi connectivity index (χ2n) is 5.83. The molecule has 1 rings (SSSR count). The molecule has 0 fully saturated rings. The SMILES string of the molecule is CCOCc1cc(C(=O)O[C@@H](C)C(=O)NC(=O)NC(C)C)ccc1OC. The summed E-state index contributed by atoms with van der Waals surface area (Å²) in [6.45, 7) is 7.58. The fraction of sp³-hybridized carbons (Fsp3) is 0.500. The van der Waals surface area contributed by atoms with Crippen LogP contribution < -0.4 is 15.4 Å². The van der Waals surface area contributed by atoms with Crippen molar-refractivity contribution in [2.24, 2.45) is 0 Å². The Kier molecular flexibility index (Phi) is 8.57. The van der Waals surface area contributed by atoms with Crippen LogP contribution in [0.2, 0.25) is 0 Å². The van der Waals surface area contributed by atoms with Crippen molar-refractivity contribution in [3.63, 3.8) is 0 Å². The summed E-state index contributed by atoms with van der Waals surface area (Å²) in [6, 6.07) is 3.99. The van der Waals surface area contributed by atoms with Gasteiger partial charge in [-0.25, -0.2) is 9.59 Å². The van der Waals surface area contributed by atoms with E-state index in [-0.39, 0.29) is 18.2 Å². The molecule has 0 saturated carbocycles. The summed E-state index contributed by atoms with van der Waals surface area (Å²) in [5.41, 5.74) is 0.948. The zero-order valence-electron chi connectivity index (χ0n) is 15.8. The Balaban J connectivity index is 2.74. The lowest BCUT2D eigenvalue weighted by Crippen LogP contribution is -2.46. The van der Waals surface area contributed by atoms with Crippen LogP contribution in [0.3, 0.4) is 0 Å². The van der Waals surface area contributed by atoms with E-state index in [1.807, 2.05) is 6.92 Å². The minimum absolute atomic E-state index is 0.122. The minimum atomic E-state index is -1.13. The number of benzene rings is 1. The maximum atomic E-state index is 12.3. The molecule has 1 aromatic carbocycles. The number of nitrogens with one attached hydrogen (secondary N) is 2. The zero-order chi connectivity index (χ0) is 19.7. The van der Waals surface area contributed by atoms with Gasteiger partial charge in [-0.05, 0) is 45.9 Å². The molecule has 8 nitrogen and oxygen atoms in total. The first-order chi connectivity index (χ1) is 12.3. The Morgan fingerprint density at radius 2 is 1.85 bits per heavy atom. The molecule has 0 radical (unpaired) electrons. The van der Waals surface area contributed by atoms with Crippen LogP contribution >= 0.6 is 0 Å². The van der Waals surface area contributed by atoms with Crippen molar-refractivity contribution in [3.05, 3.63) is 29.3 Å². The second-order valence-corrected chi connectivity index (χ2v) is 5.83. The van der Waals surface area contributed by atoms with E-state index in [0.717, 1.165) is 0 Å². The molecule has 0 aliphatic heterocycles. The molecule has 0 aromatic heterocycles. The van der Waals surface area contributed by atoms with Crippen molar-refractivity contribution in [2.75, 3.05) is 13.7 Å². The van der Waals surface area contributed by atoms with Crippen LogP contribution in [-0.4, -0.2) is 43.8 Å². The highest BCUT2D eigenvalue weighted by molar-refractivity contribution is 5.98. The maximum absolute atomic E-state index is 12.3. The van der Waals surface area contributed by atoms with Gasteiger partial charge in [0.15, 0.2) is 6.10 Å². The van der Waals surface area contributed by atoms with Gasteiger partial charge in [-0.3, -0.25) is 10.1 Å². The summed E-state index contributed by atoms with van der Waals surface area (Å²) in [6.07, 6.45) is -1.13. The lowest BCUT2D eigenvalue weighted by Gasteiger charge is -2.15. The Bertz CT molecular complexity index is 645. The van der Waals surface area contributed by atoms with Crippen LogP contribution in [0.15, 0.2) is 18.2 Å². The Morgan fingerprint density at radius 3 is 2.42 bits per heavy atom. The normalized spacial score (nSPS) is 11.6. The highest BCUT2D eigenvalue weighted by Gasteiger charge is 2.21. The van der Waals surface area contributed by atoms with Crippen LogP contribution in [0.1, 0.15) is 43.6 Å². The number of amides is 3. The Hall–Kier alpha value is -2.61. The number of hydrogen-bond donors (Lipinski definition) is 2. The first-order valence-corrected chi connectivity index (χ1v) is 8.35. The summed E-state index contributed by atoms with van der Waals surface area (Å²) in [5.74, 6) is -0.803. The molecule has 8 heteroatoms. The smallest absolute Gasteiger partial charge is 0.338 e. The van der Waals surface area contributed by atoms with E-state index in [0.29, 0.717) is 17.9 Å². The maximum Gasteiger partial charge on any atom is 0.338 e. The average Bonchev–Trinajstić information content (AvgIpc) is 2.58. The molecule has 0 unspecified atom stereocenters. The van der Waals surface area contributed by atoms with Gasteiger partial charge in [-0.15, -0.1) is 0 Å². The number of methoxy groups -OCH3 is 1. The van der Waals surface area contributed by atoms with E-state index in [2.05, 4.69) is 10.6 Å². The van der Waals surface area contributed by atoms with Crippen molar-refractivity contribution in [1.29, 1.82) is 0 Å². The van der Waals surface area contributed by atoms with E-state index in [1.165, 1.54) is 20.1 Å². The molecule has 0 saturated heterocycles. The van der Waals surface area contributed by atoms with Gasteiger partial charge in [0.25, 0.3) is 5.91 Å². The average molecular weight is 366 g/mol. The summed E-state index contributed by atoms with van der Waals surface area (Å²) in [4.78, 5) is 35.7. The monoisotopic (exact) mass is 366 g/mol. The number of rotatable bonds is 8. The lowest BCUT2D eigenvalue weighted by molar-refractivity contribution is -0.127. The molecule has 26 heavy (non-hydrogen) atoms. The molecule has 0 aliphatic rings.